The lowest BCUT2D eigenvalue weighted by Gasteiger charge is -2.46. The first-order valence-electron chi connectivity index (χ1n) is 16.3. The van der Waals surface area contributed by atoms with Gasteiger partial charge in [0.2, 0.25) is 0 Å². The van der Waals surface area contributed by atoms with Crippen LogP contribution in [0.4, 0.5) is 0 Å². The lowest BCUT2D eigenvalue weighted by atomic mass is 9.92. The fourth-order valence-electron chi connectivity index (χ4n) is 5.56. The first-order valence-corrected chi connectivity index (χ1v) is 16.3. The third-order valence-electron chi connectivity index (χ3n) is 7.89. The van der Waals surface area contributed by atoms with Crippen LogP contribution in [0.5, 0.6) is 0 Å². The standard InChI is InChI=1S/C40H44O7/c1-2-43-37(41)25-15-24-35-38(44-27-32-18-9-4-10-19-32)40(46-29-34-22-13-6-14-23-34)39(45-28-33-20-11-5-12-21-33)36(47-35)30-42-26-31-16-7-3-8-17-31/h3-23,25,35-36,38-40H,2,24,26-30H2,1H3/t35-,36-,38+,39-,40-/m1/s1. The monoisotopic (exact) mass is 636 g/mol. The van der Waals surface area contributed by atoms with E-state index < -0.39 is 36.5 Å². The van der Waals surface area contributed by atoms with E-state index in [0.29, 0.717) is 39.5 Å². The first kappa shape index (κ1) is 34.2. The number of hydrogen-bond acceptors (Lipinski definition) is 7. The summed E-state index contributed by atoms with van der Waals surface area (Å²) in [6.45, 7) is 3.90. The van der Waals surface area contributed by atoms with Gasteiger partial charge in [-0.2, -0.15) is 0 Å². The van der Waals surface area contributed by atoms with Gasteiger partial charge in [-0.05, 0) is 35.6 Å². The van der Waals surface area contributed by atoms with Gasteiger partial charge in [-0.25, -0.2) is 4.79 Å². The van der Waals surface area contributed by atoms with Gasteiger partial charge in [0.15, 0.2) is 0 Å². The maximum Gasteiger partial charge on any atom is 0.330 e. The molecule has 1 fully saturated rings. The van der Waals surface area contributed by atoms with Crippen molar-refractivity contribution < 1.29 is 33.2 Å². The van der Waals surface area contributed by atoms with E-state index in [9.17, 15) is 4.79 Å². The number of benzene rings is 4. The summed E-state index contributed by atoms with van der Waals surface area (Å²) in [4.78, 5) is 12.2. The normalized spacial score (nSPS) is 21.1. The third-order valence-corrected chi connectivity index (χ3v) is 7.89. The number of esters is 1. The Labute approximate surface area is 278 Å². The van der Waals surface area contributed by atoms with Crippen molar-refractivity contribution in [1.82, 2.24) is 0 Å². The Balaban J connectivity index is 1.44. The topological polar surface area (TPSA) is 72.5 Å². The largest absolute Gasteiger partial charge is 0.463 e. The van der Waals surface area contributed by atoms with Gasteiger partial charge < -0.3 is 28.4 Å². The van der Waals surface area contributed by atoms with Crippen LogP contribution in [0.25, 0.3) is 0 Å². The highest BCUT2D eigenvalue weighted by Gasteiger charge is 2.48. The molecule has 0 bridgehead atoms. The Bertz CT molecular complexity index is 1460. The highest BCUT2D eigenvalue weighted by Crippen LogP contribution is 2.32. The van der Waals surface area contributed by atoms with Crippen molar-refractivity contribution in [3.8, 4) is 0 Å². The molecule has 0 N–H and O–H groups in total. The Hall–Kier alpha value is -4.11. The Morgan fingerprint density at radius 3 is 1.49 bits per heavy atom. The average Bonchev–Trinajstić information content (AvgIpc) is 3.11. The van der Waals surface area contributed by atoms with Gasteiger partial charge in [0, 0.05) is 6.08 Å². The van der Waals surface area contributed by atoms with Gasteiger partial charge >= 0.3 is 5.97 Å². The number of hydrogen-bond donors (Lipinski definition) is 0. The summed E-state index contributed by atoms with van der Waals surface area (Å²) in [5, 5.41) is 0. The van der Waals surface area contributed by atoms with Crippen molar-refractivity contribution in [3.05, 3.63) is 156 Å². The molecular weight excluding hydrogens is 592 g/mol. The molecule has 0 amide bonds. The van der Waals surface area contributed by atoms with E-state index in [-0.39, 0.29) is 6.61 Å². The third kappa shape index (κ3) is 11.0. The van der Waals surface area contributed by atoms with Gasteiger partial charge in [-0.3, -0.25) is 0 Å². The van der Waals surface area contributed by atoms with Crippen LogP contribution in [0.3, 0.4) is 0 Å². The van der Waals surface area contributed by atoms with Crippen LogP contribution < -0.4 is 0 Å². The van der Waals surface area contributed by atoms with Crippen LogP contribution in [0.1, 0.15) is 35.6 Å². The smallest absolute Gasteiger partial charge is 0.330 e. The predicted octanol–water partition coefficient (Wildman–Crippen LogP) is 7.24. The van der Waals surface area contributed by atoms with Gasteiger partial charge in [0.25, 0.3) is 0 Å². The highest BCUT2D eigenvalue weighted by atomic mass is 16.6. The SMILES string of the molecule is CCOC(=O)C=CC[C@H]1O[C@H](COCc2ccccc2)[C@@H](OCc2ccccc2)[C@H](OCc2ccccc2)[C@H]1OCc1ccccc1. The minimum Gasteiger partial charge on any atom is -0.463 e. The molecule has 7 heteroatoms. The molecule has 0 aliphatic carbocycles. The fourth-order valence-corrected chi connectivity index (χ4v) is 5.56. The molecule has 1 aliphatic rings. The highest BCUT2D eigenvalue weighted by molar-refractivity contribution is 5.81. The zero-order chi connectivity index (χ0) is 32.5. The van der Waals surface area contributed by atoms with Crippen LogP contribution in [0, 0.1) is 0 Å². The lowest BCUT2D eigenvalue weighted by Crippen LogP contribution is -2.61. The molecule has 0 saturated carbocycles. The van der Waals surface area contributed by atoms with E-state index in [4.69, 9.17) is 28.4 Å². The summed E-state index contributed by atoms with van der Waals surface area (Å²) >= 11 is 0. The van der Waals surface area contributed by atoms with E-state index in [1.807, 2.05) is 121 Å². The van der Waals surface area contributed by atoms with Gasteiger partial charge in [0.05, 0.1) is 45.7 Å². The van der Waals surface area contributed by atoms with Crippen LogP contribution in [0.15, 0.2) is 133 Å². The van der Waals surface area contributed by atoms with Gasteiger partial charge in [-0.1, -0.05) is 127 Å². The molecule has 0 radical (unpaired) electrons. The second-order valence-corrected chi connectivity index (χ2v) is 11.4. The number of ether oxygens (including phenoxy) is 6. The molecule has 5 rings (SSSR count). The van der Waals surface area contributed by atoms with E-state index in [0.717, 1.165) is 22.3 Å². The minimum atomic E-state index is -0.517. The molecule has 4 aromatic carbocycles. The van der Waals surface area contributed by atoms with E-state index in [1.54, 1.807) is 13.0 Å². The van der Waals surface area contributed by atoms with Crippen molar-refractivity contribution >= 4 is 5.97 Å². The molecule has 246 valence electrons. The first-order chi connectivity index (χ1) is 23.2. The molecule has 0 aromatic heterocycles. The second-order valence-electron chi connectivity index (χ2n) is 11.4. The number of carbonyl (C=O) groups excluding carboxylic acids is 1. The average molecular weight is 637 g/mol. The molecule has 47 heavy (non-hydrogen) atoms. The molecule has 7 nitrogen and oxygen atoms in total. The molecule has 4 aromatic rings. The molecule has 0 spiro atoms. The summed E-state index contributed by atoms with van der Waals surface area (Å²) in [5.41, 5.74) is 4.18. The second kappa shape index (κ2) is 18.9. The van der Waals surface area contributed by atoms with Crippen LogP contribution in [-0.2, 0) is 59.6 Å². The molecule has 0 unspecified atom stereocenters. The van der Waals surface area contributed by atoms with Crippen LogP contribution in [0.2, 0.25) is 0 Å². The van der Waals surface area contributed by atoms with Crippen molar-refractivity contribution in [2.24, 2.45) is 0 Å². The molecule has 1 aliphatic heterocycles. The number of carbonyl (C=O) groups is 1. The van der Waals surface area contributed by atoms with Gasteiger partial charge in [-0.15, -0.1) is 0 Å². The Morgan fingerprint density at radius 2 is 1.02 bits per heavy atom. The summed E-state index contributed by atoms with van der Waals surface area (Å²) in [6, 6.07) is 40.2. The summed E-state index contributed by atoms with van der Waals surface area (Å²) < 4.78 is 38.3. The maximum absolute atomic E-state index is 12.2. The molecular formula is C40H44O7. The maximum atomic E-state index is 12.2. The van der Waals surface area contributed by atoms with Crippen LogP contribution in [-0.4, -0.2) is 49.7 Å². The fraction of sp³-hybridized carbons (Fsp3) is 0.325. The van der Waals surface area contributed by atoms with E-state index >= 15 is 0 Å². The Morgan fingerprint density at radius 1 is 0.596 bits per heavy atom. The zero-order valence-electron chi connectivity index (χ0n) is 26.9. The molecule has 5 atom stereocenters. The predicted molar refractivity (Wildman–Crippen MR) is 180 cm³/mol. The van der Waals surface area contributed by atoms with Crippen molar-refractivity contribution in [2.45, 2.75) is 70.3 Å². The minimum absolute atomic E-state index is 0.281. The summed E-state index contributed by atoms with van der Waals surface area (Å²) in [5.74, 6) is -0.395. The number of rotatable bonds is 17. The van der Waals surface area contributed by atoms with E-state index in [1.165, 1.54) is 6.08 Å². The van der Waals surface area contributed by atoms with Crippen molar-refractivity contribution in [3.63, 3.8) is 0 Å². The molecule has 1 saturated heterocycles. The van der Waals surface area contributed by atoms with Crippen LogP contribution >= 0.6 is 0 Å². The zero-order valence-corrected chi connectivity index (χ0v) is 26.9. The van der Waals surface area contributed by atoms with E-state index in [2.05, 4.69) is 0 Å². The Kier molecular flexibility index (Phi) is 13.8. The van der Waals surface area contributed by atoms with Crippen molar-refractivity contribution in [2.75, 3.05) is 13.2 Å². The summed E-state index contributed by atoms with van der Waals surface area (Å²) in [6.07, 6.45) is 1.17. The molecule has 1 heterocycles. The summed E-state index contributed by atoms with van der Waals surface area (Å²) in [7, 11) is 0. The van der Waals surface area contributed by atoms with Gasteiger partial charge in [0.1, 0.15) is 24.4 Å². The lowest BCUT2D eigenvalue weighted by molar-refractivity contribution is -0.271. The quantitative estimate of drug-likeness (QED) is 0.0894. The van der Waals surface area contributed by atoms with Crippen molar-refractivity contribution in [1.29, 1.82) is 0 Å².